The van der Waals surface area contributed by atoms with Crippen LogP contribution in [0.5, 0.6) is 28.7 Å². The predicted octanol–water partition coefficient (Wildman–Crippen LogP) is 2.90. The number of ether oxygens (including phenoxy) is 3. The molecule has 1 aromatic heterocycles. The molecule has 3 aromatic rings. The molecule has 2 aromatic carbocycles. The van der Waals surface area contributed by atoms with E-state index in [0.29, 0.717) is 11.3 Å². The summed E-state index contributed by atoms with van der Waals surface area (Å²) in [4.78, 5) is 12.5. The number of aromatic hydroxyl groups is 2. The summed E-state index contributed by atoms with van der Waals surface area (Å²) in [6.07, 6.45) is 0. The third-order valence-electron chi connectivity index (χ3n) is 3.81. The van der Waals surface area contributed by atoms with Gasteiger partial charge in [0, 0.05) is 17.7 Å². The van der Waals surface area contributed by atoms with Gasteiger partial charge in [-0.25, -0.2) is 0 Å². The van der Waals surface area contributed by atoms with Crippen LogP contribution >= 0.6 is 0 Å². The number of methoxy groups -OCH3 is 3. The van der Waals surface area contributed by atoms with Gasteiger partial charge < -0.3 is 28.8 Å². The average Bonchev–Trinajstić information content (AvgIpc) is 2.61. The zero-order chi connectivity index (χ0) is 18.1. The maximum Gasteiger partial charge on any atom is 0.197 e. The number of hydrogen-bond acceptors (Lipinski definition) is 7. The van der Waals surface area contributed by atoms with Gasteiger partial charge in [-0.2, -0.15) is 0 Å². The zero-order valence-corrected chi connectivity index (χ0v) is 13.8. The Morgan fingerprint density at radius 1 is 0.880 bits per heavy atom. The van der Waals surface area contributed by atoms with E-state index in [1.165, 1.54) is 39.5 Å². The maximum atomic E-state index is 12.5. The molecule has 0 aliphatic heterocycles. The van der Waals surface area contributed by atoms with Crippen molar-refractivity contribution in [2.24, 2.45) is 0 Å². The quantitative estimate of drug-likeness (QED) is 0.751. The Kier molecular flexibility index (Phi) is 4.14. The molecule has 0 saturated heterocycles. The Morgan fingerprint density at radius 3 is 2.16 bits per heavy atom. The van der Waals surface area contributed by atoms with Gasteiger partial charge in [0.25, 0.3) is 0 Å². The van der Waals surface area contributed by atoms with Crippen molar-refractivity contribution < 1.29 is 28.8 Å². The lowest BCUT2D eigenvalue weighted by Gasteiger charge is -2.12. The third kappa shape index (κ3) is 2.69. The van der Waals surface area contributed by atoms with Crippen LogP contribution in [-0.4, -0.2) is 31.5 Å². The Balaban J connectivity index is 2.29. The van der Waals surface area contributed by atoms with Crippen LogP contribution in [-0.2, 0) is 0 Å². The van der Waals surface area contributed by atoms with E-state index >= 15 is 0 Å². The molecule has 7 heteroatoms. The molecule has 0 unspecified atom stereocenters. The predicted molar refractivity (Wildman–Crippen MR) is 90.9 cm³/mol. The summed E-state index contributed by atoms with van der Waals surface area (Å²) in [7, 11) is 4.22. The molecule has 0 radical (unpaired) electrons. The highest BCUT2D eigenvalue weighted by Crippen LogP contribution is 2.40. The smallest absolute Gasteiger partial charge is 0.197 e. The first kappa shape index (κ1) is 16.5. The molecule has 7 nitrogen and oxygen atoms in total. The number of fused-ring (bicyclic) bond motifs is 1. The van der Waals surface area contributed by atoms with Crippen molar-refractivity contribution in [3.8, 4) is 40.1 Å². The fourth-order valence-electron chi connectivity index (χ4n) is 2.56. The van der Waals surface area contributed by atoms with Crippen LogP contribution < -0.4 is 19.6 Å². The molecule has 0 aliphatic rings. The Labute approximate surface area is 142 Å². The van der Waals surface area contributed by atoms with Gasteiger partial charge in [-0.3, -0.25) is 4.79 Å². The van der Waals surface area contributed by atoms with E-state index in [9.17, 15) is 15.0 Å². The van der Waals surface area contributed by atoms with E-state index in [-0.39, 0.29) is 39.7 Å². The minimum atomic E-state index is -0.471. The van der Waals surface area contributed by atoms with Crippen molar-refractivity contribution in [1.82, 2.24) is 0 Å². The van der Waals surface area contributed by atoms with Gasteiger partial charge in [0.1, 0.15) is 11.1 Å². The molecule has 0 atom stereocenters. The van der Waals surface area contributed by atoms with Crippen molar-refractivity contribution in [1.29, 1.82) is 0 Å². The van der Waals surface area contributed by atoms with Gasteiger partial charge in [-0.05, 0) is 18.2 Å². The fourth-order valence-corrected chi connectivity index (χ4v) is 2.56. The van der Waals surface area contributed by atoms with E-state index in [1.807, 2.05) is 0 Å². The lowest BCUT2D eigenvalue weighted by Crippen LogP contribution is -2.03. The first-order valence-electron chi connectivity index (χ1n) is 7.29. The minimum Gasteiger partial charge on any atom is -0.504 e. The van der Waals surface area contributed by atoms with Crippen molar-refractivity contribution >= 4 is 11.0 Å². The number of rotatable bonds is 4. The maximum absolute atomic E-state index is 12.5. The number of hydrogen-bond donors (Lipinski definition) is 2. The van der Waals surface area contributed by atoms with E-state index in [0.717, 1.165) is 0 Å². The van der Waals surface area contributed by atoms with Gasteiger partial charge in [0.05, 0.1) is 21.3 Å². The molecule has 0 bridgehead atoms. The van der Waals surface area contributed by atoms with E-state index in [4.69, 9.17) is 18.6 Å². The van der Waals surface area contributed by atoms with Gasteiger partial charge >= 0.3 is 0 Å². The molecule has 0 spiro atoms. The van der Waals surface area contributed by atoms with Crippen molar-refractivity contribution in [3.05, 3.63) is 40.6 Å². The molecular weight excluding hydrogens is 328 g/mol. The summed E-state index contributed by atoms with van der Waals surface area (Å²) in [5.41, 5.74) is 0.0783. The number of benzene rings is 2. The van der Waals surface area contributed by atoms with Crippen LogP contribution in [0.1, 0.15) is 0 Å². The molecule has 2 N–H and O–H groups in total. The molecular formula is C18H16O7. The van der Waals surface area contributed by atoms with Crippen LogP contribution in [0.3, 0.4) is 0 Å². The summed E-state index contributed by atoms with van der Waals surface area (Å²) in [5, 5.41) is 20.1. The highest BCUT2D eigenvalue weighted by molar-refractivity contribution is 5.91. The van der Waals surface area contributed by atoms with Gasteiger partial charge in [0.15, 0.2) is 39.8 Å². The van der Waals surface area contributed by atoms with Crippen molar-refractivity contribution in [2.45, 2.75) is 0 Å². The van der Waals surface area contributed by atoms with Crippen LogP contribution in [0, 0.1) is 0 Å². The minimum absolute atomic E-state index is 0.0438. The second-order valence-electron chi connectivity index (χ2n) is 5.20. The lowest BCUT2D eigenvalue weighted by atomic mass is 10.1. The van der Waals surface area contributed by atoms with Crippen LogP contribution in [0.15, 0.2) is 39.5 Å². The van der Waals surface area contributed by atoms with E-state index < -0.39 is 5.43 Å². The second kappa shape index (κ2) is 6.27. The highest BCUT2D eigenvalue weighted by Gasteiger charge is 2.19. The topological polar surface area (TPSA) is 98.4 Å². The van der Waals surface area contributed by atoms with Gasteiger partial charge in [0.2, 0.25) is 0 Å². The van der Waals surface area contributed by atoms with E-state index in [2.05, 4.69) is 0 Å². The lowest BCUT2D eigenvalue weighted by molar-refractivity contribution is 0.365. The summed E-state index contributed by atoms with van der Waals surface area (Å²) < 4.78 is 21.1. The Morgan fingerprint density at radius 2 is 1.56 bits per heavy atom. The molecule has 25 heavy (non-hydrogen) atoms. The average molecular weight is 344 g/mol. The zero-order valence-electron chi connectivity index (χ0n) is 13.8. The summed E-state index contributed by atoms with van der Waals surface area (Å²) in [6, 6.07) is 7.26. The SMILES string of the molecule is COc1ccc(-c2cc(=O)c3c(O)c(OC)cc(OC)c3o2)cc1O. The van der Waals surface area contributed by atoms with Gasteiger partial charge in [-0.1, -0.05) is 0 Å². The number of phenols is 2. The summed E-state index contributed by atoms with van der Waals surface area (Å²) in [5.74, 6) is 0.432. The molecule has 0 amide bonds. The van der Waals surface area contributed by atoms with Crippen LogP contribution in [0.4, 0.5) is 0 Å². The summed E-state index contributed by atoms with van der Waals surface area (Å²) in [6.45, 7) is 0. The molecule has 0 fully saturated rings. The molecule has 130 valence electrons. The Bertz CT molecular complexity index is 1000. The fraction of sp³-hybridized carbons (Fsp3) is 0.167. The standard InChI is InChI=1S/C18H16O7/c1-22-12-5-4-9(6-10(12)19)13-7-11(20)16-17(21)14(23-2)8-15(24-3)18(16)25-13/h4-8,19,21H,1-3H3. The monoisotopic (exact) mass is 344 g/mol. The largest absolute Gasteiger partial charge is 0.504 e. The van der Waals surface area contributed by atoms with Crippen molar-refractivity contribution in [3.63, 3.8) is 0 Å². The van der Waals surface area contributed by atoms with Crippen LogP contribution in [0.25, 0.3) is 22.3 Å². The first-order chi connectivity index (χ1) is 12.0. The first-order valence-corrected chi connectivity index (χ1v) is 7.29. The molecule has 1 heterocycles. The molecule has 0 saturated carbocycles. The van der Waals surface area contributed by atoms with Gasteiger partial charge in [-0.15, -0.1) is 0 Å². The molecule has 3 rings (SSSR count). The second-order valence-corrected chi connectivity index (χ2v) is 5.20. The Hall–Kier alpha value is -3.35. The van der Waals surface area contributed by atoms with Crippen molar-refractivity contribution in [2.75, 3.05) is 21.3 Å². The van der Waals surface area contributed by atoms with E-state index in [1.54, 1.807) is 12.1 Å². The molecule has 0 aliphatic carbocycles. The van der Waals surface area contributed by atoms with Crippen LogP contribution in [0.2, 0.25) is 0 Å². The number of phenolic OH excluding ortho intramolecular Hbond substituents is 2. The highest BCUT2D eigenvalue weighted by atomic mass is 16.5. The third-order valence-corrected chi connectivity index (χ3v) is 3.81. The summed E-state index contributed by atoms with van der Waals surface area (Å²) >= 11 is 0. The normalized spacial score (nSPS) is 10.7.